The van der Waals surface area contributed by atoms with E-state index in [4.69, 9.17) is 14.5 Å². The van der Waals surface area contributed by atoms with Crippen LogP contribution in [0.25, 0.3) is 28.1 Å². The van der Waals surface area contributed by atoms with Crippen molar-refractivity contribution in [3.05, 3.63) is 60.8 Å². The van der Waals surface area contributed by atoms with Crippen molar-refractivity contribution in [3.8, 4) is 22.6 Å². The van der Waals surface area contributed by atoms with Gasteiger partial charge in [-0.3, -0.25) is 0 Å². The average Bonchev–Trinajstić information content (AvgIpc) is 2.86. The van der Waals surface area contributed by atoms with E-state index in [0.717, 1.165) is 52.3 Å². The molecule has 3 nitrogen and oxygen atoms in total. The summed E-state index contributed by atoms with van der Waals surface area (Å²) in [4.78, 5) is 4.77. The van der Waals surface area contributed by atoms with Crippen molar-refractivity contribution in [1.29, 1.82) is 0 Å². The van der Waals surface area contributed by atoms with Crippen LogP contribution in [0.1, 0.15) is 76.8 Å². The molecule has 0 spiro atoms. The first-order valence-electron chi connectivity index (χ1n) is 12.6. The Hall–Kier alpha value is -2.81. The van der Waals surface area contributed by atoms with Gasteiger partial charge in [-0.2, -0.15) is 0 Å². The SMILES string of the molecule is C=Cc1nc2ccccc2cc1-c1ccc(OCCCCCCCCCCCC)c(OC)c1. The third-order valence-corrected chi connectivity index (χ3v) is 6.18. The summed E-state index contributed by atoms with van der Waals surface area (Å²) in [6.07, 6.45) is 15.0. The summed E-state index contributed by atoms with van der Waals surface area (Å²) in [5.74, 6) is 1.55. The van der Waals surface area contributed by atoms with Crippen LogP contribution in [0.15, 0.2) is 55.1 Å². The molecule has 0 saturated heterocycles. The molecule has 0 bridgehead atoms. The van der Waals surface area contributed by atoms with Gasteiger partial charge in [0, 0.05) is 10.9 Å². The molecule has 176 valence electrons. The normalized spacial score (nSPS) is 11.0. The fourth-order valence-electron chi connectivity index (χ4n) is 4.24. The smallest absolute Gasteiger partial charge is 0.161 e. The first kappa shape index (κ1) is 24.8. The molecule has 0 amide bonds. The Morgan fingerprint density at radius 1 is 0.818 bits per heavy atom. The lowest BCUT2D eigenvalue weighted by Gasteiger charge is -2.14. The number of nitrogens with zero attached hydrogens (tertiary/aromatic N) is 1. The molecule has 3 rings (SSSR count). The molecule has 0 aliphatic carbocycles. The Labute approximate surface area is 199 Å². The monoisotopic (exact) mass is 445 g/mol. The lowest BCUT2D eigenvalue weighted by molar-refractivity contribution is 0.284. The summed E-state index contributed by atoms with van der Waals surface area (Å²) >= 11 is 0. The molecule has 1 heterocycles. The van der Waals surface area contributed by atoms with Crippen molar-refractivity contribution >= 4 is 17.0 Å². The van der Waals surface area contributed by atoms with E-state index in [2.05, 4.69) is 31.7 Å². The van der Waals surface area contributed by atoms with Gasteiger partial charge in [0.15, 0.2) is 11.5 Å². The quantitative estimate of drug-likeness (QED) is 0.219. The highest BCUT2D eigenvalue weighted by Crippen LogP contribution is 2.35. The van der Waals surface area contributed by atoms with E-state index in [1.165, 1.54) is 57.8 Å². The van der Waals surface area contributed by atoms with Gasteiger partial charge in [0.05, 0.1) is 24.9 Å². The predicted molar refractivity (Wildman–Crippen MR) is 141 cm³/mol. The molecule has 3 aromatic rings. The maximum Gasteiger partial charge on any atom is 0.161 e. The molecule has 0 aliphatic rings. The van der Waals surface area contributed by atoms with E-state index >= 15 is 0 Å². The van der Waals surface area contributed by atoms with Crippen LogP contribution in [-0.4, -0.2) is 18.7 Å². The molecule has 0 saturated carbocycles. The van der Waals surface area contributed by atoms with E-state index in [0.29, 0.717) is 0 Å². The molecule has 1 aromatic heterocycles. The fraction of sp³-hybridized carbons (Fsp3) is 0.433. The molecule has 0 N–H and O–H groups in total. The van der Waals surface area contributed by atoms with Gasteiger partial charge in [-0.25, -0.2) is 4.98 Å². The number of para-hydroxylation sites is 1. The lowest BCUT2D eigenvalue weighted by atomic mass is 10.0. The van der Waals surface area contributed by atoms with Crippen LogP contribution in [0.4, 0.5) is 0 Å². The van der Waals surface area contributed by atoms with Gasteiger partial charge in [-0.15, -0.1) is 0 Å². The first-order chi connectivity index (χ1) is 16.3. The van der Waals surface area contributed by atoms with Gasteiger partial charge >= 0.3 is 0 Å². The molecule has 2 aromatic carbocycles. The standard InChI is InChI=1S/C30H39NO2/c1-4-6-7-8-9-10-11-12-13-16-21-33-29-20-19-24(23-30(29)32-3)26-22-25-17-14-15-18-28(25)31-27(26)5-2/h5,14-15,17-20,22-23H,2,4,6-13,16,21H2,1,3H3. The molecular weight excluding hydrogens is 406 g/mol. The number of unbranched alkanes of at least 4 members (excludes halogenated alkanes) is 9. The second-order valence-electron chi connectivity index (χ2n) is 8.71. The summed E-state index contributed by atoms with van der Waals surface area (Å²) in [7, 11) is 1.69. The maximum absolute atomic E-state index is 6.06. The van der Waals surface area contributed by atoms with Crippen molar-refractivity contribution in [2.75, 3.05) is 13.7 Å². The predicted octanol–water partition coefficient (Wildman–Crippen LogP) is 8.85. The zero-order valence-electron chi connectivity index (χ0n) is 20.4. The highest BCUT2D eigenvalue weighted by Gasteiger charge is 2.11. The minimum atomic E-state index is 0.724. The summed E-state index contributed by atoms with van der Waals surface area (Å²) in [6.45, 7) is 6.95. The zero-order valence-corrected chi connectivity index (χ0v) is 20.4. The van der Waals surface area contributed by atoms with E-state index < -0.39 is 0 Å². The number of methoxy groups -OCH3 is 1. The summed E-state index contributed by atoms with van der Waals surface area (Å²) in [6, 6.07) is 16.4. The van der Waals surface area contributed by atoms with Crippen LogP contribution in [-0.2, 0) is 0 Å². The molecule has 0 aliphatic heterocycles. The second kappa shape index (κ2) is 13.7. The largest absolute Gasteiger partial charge is 0.493 e. The molecule has 0 radical (unpaired) electrons. The van der Waals surface area contributed by atoms with E-state index in [9.17, 15) is 0 Å². The van der Waals surface area contributed by atoms with Crippen molar-refractivity contribution in [1.82, 2.24) is 4.98 Å². The van der Waals surface area contributed by atoms with E-state index in [-0.39, 0.29) is 0 Å². The number of rotatable bonds is 15. The van der Waals surface area contributed by atoms with Crippen LogP contribution in [0.2, 0.25) is 0 Å². The first-order valence-corrected chi connectivity index (χ1v) is 12.6. The number of pyridine rings is 1. The number of hydrogen-bond donors (Lipinski definition) is 0. The number of fused-ring (bicyclic) bond motifs is 1. The highest BCUT2D eigenvalue weighted by atomic mass is 16.5. The summed E-state index contributed by atoms with van der Waals surface area (Å²) < 4.78 is 11.7. The van der Waals surface area contributed by atoms with Gasteiger partial charge in [0.2, 0.25) is 0 Å². The number of benzene rings is 2. The van der Waals surface area contributed by atoms with E-state index in [1.807, 2.05) is 36.4 Å². The van der Waals surface area contributed by atoms with Crippen LogP contribution in [0, 0.1) is 0 Å². The van der Waals surface area contributed by atoms with Crippen LogP contribution >= 0.6 is 0 Å². The Morgan fingerprint density at radius 3 is 2.21 bits per heavy atom. The van der Waals surface area contributed by atoms with Crippen molar-refractivity contribution in [2.45, 2.75) is 71.1 Å². The van der Waals surface area contributed by atoms with Crippen LogP contribution in [0.5, 0.6) is 11.5 Å². The molecule has 33 heavy (non-hydrogen) atoms. The van der Waals surface area contributed by atoms with Gasteiger partial charge in [-0.1, -0.05) is 95.6 Å². The highest BCUT2D eigenvalue weighted by molar-refractivity contribution is 5.87. The van der Waals surface area contributed by atoms with E-state index in [1.54, 1.807) is 7.11 Å². The number of ether oxygens (including phenoxy) is 2. The number of aromatic nitrogens is 1. The van der Waals surface area contributed by atoms with Crippen molar-refractivity contribution in [3.63, 3.8) is 0 Å². The molecular formula is C30H39NO2. The Morgan fingerprint density at radius 2 is 1.52 bits per heavy atom. The number of hydrogen-bond acceptors (Lipinski definition) is 3. The molecule has 0 atom stereocenters. The molecule has 3 heteroatoms. The van der Waals surface area contributed by atoms with Gasteiger partial charge in [-0.05, 0) is 42.3 Å². The maximum atomic E-state index is 6.06. The Bertz CT molecular complexity index is 1010. The van der Waals surface area contributed by atoms with Crippen molar-refractivity contribution in [2.24, 2.45) is 0 Å². The third-order valence-electron chi connectivity index (χ3n) is 6.18. The summed E-state index contributed by atoms with van der Waals surface area (Å²) in [5, 5.41) is 1.11. The lowest BCUT2D eigenvalue weighted by Crippen LogP contribution is -2.00. The Kier molecular flexibility index (Phi) is 10.3. The zero-order chi connectivity index (χ0) is 23.3. The van der Waals surface area contributed by atoms with Gasteiger partial charge in [0.1, 0.15) is 0 Å². The summed E-state index contributed by atoms with van der Waals surface area (Å²) in [5.41, 5.74) is 3.93. The average molecular weight is 446 g/mol. The van der Waals surface area contributed by atoms with Gasteiger partial charge < -0.3 is 9.47 Å². The minimum absolute atomic E-state index is 0.724. The molecule has 0 fully saturated rings. The van der Waals surface area contributed by atoms with Crippen LogP contribution < -0.4 is 9.47 Å². The second-order valence-corrected chi connectivity index (χ2v) is 8.71. The topological polar surface area (TPSA) is 31.4 Å². The fourth-order valence-corrected chi connectivity index (χ4v) is 4.24. The third kappa shape index (κ3) is 7.35. The molecule has 0 unspecified atom stereocenters. The Balaban J connectivity index is 1.52. The minimum Gasteiger partial charge on any atom is -0.493 e. The van der Waals surface area contributed by atoms with Crippen molar-refractivity contribution < 1.29 is 9.47 Å². The van der Waals surface area contributed by atoms with Gasteiger partial charge in [0.25, 0.3) is 0 Å². The van der Waals surface area contributed by atoms with Crippen LogP contribution in [0.3, 0.4) is 0 Å².